The zero-order valence-corrected chi connectivity index (χ0v) is 62.6. The Morgan fingerprint density at radius 1 is 0.363 bits per heavy atom. The van der Waals surface area contributed by atoms with Crippen LogP contribution >= 0.6 is 0 Å². The number of carbonyl (C=O) groups is 6. The maximum absolute atomic E-state index is 16.3. The van der Waals surface area contributed by atoms with E-state index in [0.29, 0.717) is 81.2 Å². The molecule has 2 unspecified atom stereocenters. The van der Waals surface area contributed by atoms with Gasteiger partial charge in [0.1, 0.15) is 58.1 Å². The Morgan fingerprint density at radius 3 is 0.794 bits per heavy atom. The van der Waals surface area contributed by atoms with Gasteiger partial charge in [0.25, 0.3) is 23.6 Å². The topological polar surface area (TPSA) is 152 Å². The van der Waals surface area contributed by atoms with Crippen molar-refractivity contribution in [1.29, 1.82) is 0 Å². The summed E-state index contributed by atoms with van der Waals surface area (Å²) in [4.78, 5) is 102. The Morgan fingerprint density at radius 2 is 0.588 bits per heavy atom. The van der Waals surface area contributed by atoms with Crippen LogP contribution in [0.25, 0.3) is 43.1 Å². The molecule has 9 aromatic carbocycles. The highest BCUT2D eigenvalue weighted by Crippen LogP contribution is 2.58. The van der Waals surface area contributed by atoms with E-state index in [2.05, 4.69) is 83.1 Å². The maximum Gasteiger partial charge on any atom is 0.262 e. The second kappa shape index (κ2) is 27.1. The molecule has 2 atom stereocenters. The van der Waals surface area contributed by atoms with E-state index in [4.69, 9.17) is 18.9 Å². The Bertz CT molecular complexity index is 4210. The van der Waals surface area contributed by atoms with Crippen LogP contribution < -0.4 is 18.9 Å². The lowest BCUT2D eigenvalue weighted by Gasteiger charge is -2.39. The van der Waals surface area contributed by atoms with Gasteiger partial charge in [-0.2, -0.15) is 0 Å². The standard InChI is InChI=1S/C88H100N4O10/c1-17-45-89(57-25-21-19-22-26-57)79(93)51(3)91-81(95)63-47-67(99-59-37-29-53(30-38-59)85(5,6)7)73-75-69(101-61-41-33-55(34-42-61)87(11,12)13)49-65-72-66(84(98)92(83(65)97)52(4)80(94)90(46-18-2)58-27-23-20-24-28-58)50-70(102-62-43-35-56(36-44-62)88(14,15)16)76(78(72)75)74-68(48-64(82(91)96)71(63)77(73)74)100-60-39-31-54(32-40-60)86(8,9)10/h29-44,47-52,57-58H,17-28,45-46H2,1-16H3. The van der Waals surface area contributed by atoms with E-state index >= 15 is 28.8 Å². The molecule has 2 heterocycles. The number of hydrogen-bond acceptors (Lipinski definition) is 10. The summed E-state index contributed by atoms with van der Waals surface area (Å²) in [5.74, 6) is -1.01. The third-order valence-corrected chi connectivity index (χ3v) is 21.8. The number of fused-ring (bicyclic) bond motifs is 2. The summed E-state index contributed by atoms with van der Waals surface area (Å²) in [5.41, 5.74) is 3.72. The molecular weight excluding hydrogens is 1270 g/mol. The van der Waals surface area contributed by atoms with Gasteiger partial charge in [0.05, 0.1) is 22.3 Å². The molecule has 9 aromatic rings. The molecule has 0 radical (unpaired) electrons. The molecule has 2 fully saturated rings. The number of amides is 6. The van der Waals surface area contributed by atoms with Gasteiger partial charge in [-0.25, -0.2) is 0 Å². The summed E-state index contributed by atoms with van der Waals surface area (Å²) < 4.78 is 29.5. The van der Waals surface area contributed by atoms with Gasteiger partial charge in [0, 0.05) is 68.3 Å². The third kappa shape index (κ3) is 13.0. The normalized spacial score (nSPS) is 16.4. The minimum absolute atomic E-state index is 0.0385. The van der Waals surface area contributed by atoms with Gasteiger partial charge in [0.15, 0.2) is 0 Å². The van der Waals surface area contributed by atoms with Crippen molar-refractivity contribution < 1.29 is 47.7 Å². The second-order valence-electron chi connectivity index (χ2n) is 33.2. The van der Waals surface area contributed by atoms with Gasteiger partial charge in [-0.05, 0) is 169 Å². The van der Waals surface area contributed by atoms with Crippen molar-refractivity contribution >= 4 is 78.5 Å². The zero-order chi connectivity index (χ0) is 72.8. The molecule has 0 saturated heterocycles. The van der Waals surface area contributed by atoms with E-state index in [1.54, 1.807) is 38.1 Å². The lowest BCUT2D eigenvalue weighted by molar-refractivity contribution is -0.138. The van der Waals surface area contributed by atoms with Crippen molar-refractivity contribution in [2.24, 2.45) is 0 Å². The number of hydrogen-bond donors (Lipinski definition) is 0. The van der Waals surface area contributed by atoms with Crippen LogP contribution in [0.1, 0.15) is 252 Å². The Hall–Kier alpha value is -9.30. The Balaban J connectivity index is 1.18. The van der Waals surface area contributed by atoms with Crippen LogP contribution in [0, 0.1) is 0 Å². The number of rotatable bonds is 18. The first-order valence-corrected chi connectivity index (χ1v) is 37.2. The average molecular weight is 1370 g/mol. The van der Waals surface area contributed by atoms with Crippen LogP contribution in [0.5, 0.6) is 46.0 Å². The van der Waals surface area contributed by atoms with Crippen molar-refractivity contribution in [3.8, 4) is 46.0 Å². The molecule has 14 nitrogen and oxygen atoms in total. The molecule has 2 aliphatic carbocycles. The summed E-state index contributed by atoms with van der Waals surface area (Å²) in [6, 6.07) is 35.4. The summed E-state index contributed by atoms with van der Waals surface area (Å²) in [6.07, 6.45) is 10.8. The number of carbonyl (C=O) groups excluding carboxylic acids is 6. The molecule has 2 saturated carbocycles. The van der Waals surface area contributed by atoms with Crippen molar-refractivity contribution in [2.75, 3.05) is 13.1 Å². The highest BCUT2D eigenvalue weighted by atomic mass is 16.5. The van der Waals surface area contributed by atoms with Crippen molar-refractivity contribution in [1.82, 2.24) is 19.6 Å². The third-order valence-electron chi connectivity index (χ3n) is 21.8. The molecule has 0 spiro atoms. The molecular formula is C88H100N4O10. The lowest BCUT2D eigenvalue weighted by Crippen LogP contribution is -2.55. The van der Waals surface area contributed by atoms with Gasteiger partial charge in [-0.3, -0.25) is 38.6 Å². The molecule has 102 heavy (non-hydrogen) atoms. The first-order chi connectivity index (χ1) is 48.4. The van der Waals surface area contributed by atoms with Crippen molar-refractivity contribution in [3.05, 3.63) is 166 Å². The molecule has 2 aliphatic heterocycles. The highest BCUT2D eigenvalue weighted by Gasteiger charge is 2.47. The fourth-order valence-electron chi connectivity index (χ4n) is 16.1. The van der Waals surface area contributed by atoms with Crippen LogP contribution in [-0.2, 0) is 31.2 Å². The van der Waals surface area contributed by atoms with Gasteiger partial charge in [-0.15, -0.1) is 0 Å². The Kier molecular flexibility index (Phi) is 18.9. The van der Waals surface area contributed by atoms with Gasteiger partial charge in [-0.1, -0.05) is 184 Å². The summed E-state index contributed by atoms with van der Waals surface area (Å²) in [6.45, 7) is 34.0. The molecule has 14 heteroatoms. The number of benzene rings is 9. The predicted molar refractivity (Wildman–Crippen MR) is 406 cm³/mol. The van der Waals surface area contributed by atoms with Crippen LogP contribution in [0.2, 0.25) is 0 Å². The SMILES string of the molecule is CCCN(C(=O)C(C)N1C(=O)c2cc(Oc3ccc(C(C)(C)C)cc3)c3c4c(Oc5ccc(C(C)(C)C)cc5)cc5c6c(cc(Oc7ccc(C(C)(C)C)cc7)c(c7c(Oc8ccc(C(C)(C)C)cc8)cc(c2c37)C1=O)c64)C(=O)N(C(C)C(=O)N(CCC)C1CCCCC1)C5=O)C1CCCCC1. The minimum atomic E-state index is -1.22. The van der Waals surface area contributed by atoms with Crippen LogP contribution in [0.4, 0.5) is 0 Å². The van der Waals surface area contributed by atoms with Crippen molar-refractivity contribution in [3.63, 3.8) is 0 Å². The highest BCUT2D eigenvalue weighted by molar-refractivity contribution is 6.45. The summed E-state index contributed by atoms with van der Waals surface area (Å²) >= 11 is 0. The quantitative estimate of drug-likeness (QED) is 0.0461. The lowest BCUT2D eigenvalue weighted by atomic mass is 9.80. The van der Waals surface area contributed by atoms with E-state index in [1.165, 1.54) is 0 Å². The summed E-state index contributed by atoms with van der Waals surface area (Å²) in [7, 11) is 0. The first-order valence-electron chi connectivity index (χ1n) is 37.2. The second-order valence-corrected chi connectivity index (χ2v) is 33.2. The number of nitrogens with zero attached hydrogens (tertiary/aromatic N) is 4. The largest absolute Gasteiger partial charge is 0.457 e. The van der Waals surface area contributed by atoms with Gasteiger partial charge >= 0.3 is 0 Å². The predicted octanol–water partition coefficient (Wildman–Crippen LogP) is 21.2. The van der Waals surface area contributed by atoms with Crippen molar-refractivity contribution in [2.45, 2.75) is 234 Å². The van der Waals surface area contributed by atoms with Gasteiger partial charge in [0.2, 0.25) is 11.8 Å². The van der Waals surface area contributed by atoms with E-state index in [0.717, 1.165) is 96.3 Å². The van der Waals surface area contributed by atoms with Gasteiger partial charge < -0.3 is 28.7 Å². The molecule has 13 rings (SSSR count). The fourth-order valence-corrected chi connectivity index (χ4v) is 16.1. The monoisotopic (exact) mass is 1370 g/mol. The molecule has 0 bridgehead atoms. The number of imide groups is 2. The molecule has 532 valence electrons. The first kappa shape index (κ1) is 71.1. The van der Waals surface area contributed by atoms with E-state index in [1.807, 2.05) is 121 Å². The Labute approximate surface area is 601 Å². The summed E-state index contributed by atoms with van der Waals surface area (Å²) in [5, 5.41) is 2.76. The molecule has 6 amide bonds. The fraction of sp³-hybridized carbons (Fsp3) is 0.432. The zero-order valence-electron chi connectivity index (χ0n) is 62.6. The average Bonchev–Trinajstić information content (AvgIpc) is 0.671. The van der Waals surface area contributed by atoms with E-state index < -0.39 is 35.7 Å². The smallest absolute Gasteiger partial charge is 0.262 e. The molecule has 0 aromatic heterocycles. The van der Waals surface area contributed by atoms with E-state index in [-0.39, 0.29) is 102 Å². The van der Waals surface area contributed by atoms with E-state index in [9.17, 15) is 0 Å². The molecule has 4 aliphatic rings. The molecule has 0 N–H and O–H groups in total. The van der Waals surface area contributed by atoms with Crippen LogP contribution in [0.15, 0.2) is 121 Å². The van der Waals surface area contributed by atoms with Crippen LogP contribution in [-0.4, -0.2) is 92.3 Å². The number of ether oxygens (including phenoxy) is 4. The maximum atomic E-state index is 16.3. The minimum Gasteiger partial charge on any atom is -0.457 e. The van der Waals surface area contributed by atoms with Crippen LogP contribution in [0.3, 0.4) is 0 Å².